The molecule has 298 valence electrons. The van der Waals surface area contributed by atoms with Crippen LogP contribution in [0.2, 0.25) is 0 Å². The number of hydrogen-bond donors (Lipinski definition) is 1. The van der Waals surface area contributed by atoms with Crippen LogP contribution in [0.4, 0.5) is 11.6 Å². The van der Waals surface area contributed by atoms with Crippen molar-refractivity contribution in [2.75, 3.05) is 12.3 Å². The predicted molar refractivity (Wildman–Crippen MR) is 246 cm³/mol. The van der Waals surface area contributed by atoms with Gasteiger partial charge >= 0.3 is 19.5 Å². The molecule has 0 saturated heterocycles. The van der Waals surface area contributed by atoms with Crippen LogP contribution in [-0.4, -0.2) is 35.7 Å². The van der Waals surface area contributed by atoms with E-state index in [1.165, 1.54) is 66.8 Å². The zero-order valence-corrected chi connectivity index (χ0v) is 41.0. The summed E-state index contributed by atoms with van der Waals surface area (Å²) in [5.41, 5.74) is 32.9. The summed E-state index contributed by atoms with van der Waals surface area (Å²) in [7, 11) is 0. The van der Waals surface area contributed by atoms with Gasteiger partial charge in [-0.15, -0.1) is 0 Å². The second-order valence-electron chi connectivity index (χ2n) is 17.1. The van der Waals surface area contributed by atoms with Gasteiger partial charge in [-0.1, -0.05) is 12.5 Å². The van der Waals surface area contributed by atoms with Crippen molar-refractivity contribution in [1.82, 2.24) is 4.98 Å². The molecule has 1 aliphatic carbocycles. The molecular weight excluding hydrogens is 778 g/mol. The Labute approximate surface area is 363 Å². The zero-order chi connectivity index (χ0) is 42.0. The third-order valence-corrected chi connectivity index (χ3v) is 14.5. The molecule has 3 aromatic carbocycles. The Morgan fingerprint density at radius 2 is 1.08 bits per heavy atom. The van der Waals surface area contributed by atoms with Crippen LogP contribution in [0, 0.1) is 76.2 Å². The number of aliphatic imine (C=N–C) groups is 5. The first-order chi connectivity index (χ1) is 27.4. The van der Waals surface area contributed by atoms with Gasteiger partial charge in [0, 0.05) is 34.4 Å². The van der Waals surface area contributed by atoms with Gasteiger partial charge in [0.05, 0.1) is 24.1 Å². The summed E-state index contributed by atoms with van der Waals surface area (Å²) in [5, 5.41) is 7.27. The van der Waals surface area contributed by atoms with Gasteiger partial charge in [-0.05, 0) is 233 Å². The molecule has 4 heterocycles. The van der Waals surface area contributed by atoms with Gasteiger partial charge in [0.25, 0.3) is 0 Å². The summed E-state index contributed by atoms with van der Waals surface area (Å²) in [6.45, 7) is 35.6. The summed E-state index contributed by atoms with van der Waals surface area (Å²) in [5.74, 6) is 4.34. The third-order valence-electron chi connectivity index (χ3n) is 14.5. The second kappa shape index (κ2) is 14.9. The maximum Gasteiger partial charge on any atom is 2.00 e. The summed E-state index contributed by atoms with van der Waals surface area (Å²) in [6, 6.07) is 0. The van der Waals surface area contributed by atoms with Crippen molar-refractivity contribution in [3.8, 4) is 0 Å². The monoisotopic (exact) mass is 832 g/mol. The summed E-state index contributed by atoms with van der Waals surface area (Å²) in [4.78, 5) is 31.3. The summed E-state index contributed by atoms with van der Waals surface area (Å²) in [6.07, 6.45) is 1.73. The molecule has 0 saturated carbocycles. The first kappa shape index (κ1) is 42.1. The van der Waals surface area contributed by atoms with Gasteiger partial charge in [0.15, 0.2) is 0 Å². The van der Waals surface area contributed by atoms with Gasteiger partial charge in [0.1, 0.15) is 0 Å². The average molecular weight is 834 g/mol. The molecule has 0 unspecified atom stereocenters. The number of aryl methyl sites for hydroxylation is 2. The predicted octanol–water partition coefficient (Wildman–Crippen LogP) is 11.5. The second-order valence-corrected chi connectivity index (χ2v) is 17.1. The third kappa shape index (κ3) is 6.12. The van der Waals surface area contributed by atoms with Crippen LogP contribution < -0.4 is 10.7 Å². The van der Waals surface area contributed by atoms with E-state index < -0.39 is 0 Å². The molecule has 0 bridgehead atoms. The number of hydrogen-bond acceptors (Lipinski definition) is 5. The molecule has 0 fully saturated rings. The van der Waals surface area contributed by atoms with Crippen LogP contribution in [0.5, 0.6) is 0 Å². The molecule has 4 aliphatic rings. The van der Waals surface area contributed by atoms with Crippen LogP contribution in [0.15, 0.2) is 58.4 Å². The number of rotatable bonds is 2. The molecule has 8 rings (SSSR count). The Kier molecular flexibility index (Phi) is 10.7. The minimum Gasteiger partial charge on any atom is -0.455 e. The number of benzene rings is 3. The number of nitrogen functional groups attached to an aromatic ring is 1. The molecule has 59 heavy (non-hydrogen) atoms. The van der Waals surface area contributed by atoms with Crippen molar-refractivity contribution >= 4 is 51.6 Å². The van der Waals surface area contributed by atoms with Crippen LogP contribution in [0.1, 0.15) is 130 Å². The molecular formula is C50H56N8Zn. The van der Waals surface area contributed by atoms with E-state index in [9.17, 15) is 0 Å². The molecule has 0 amide bonds. The van der Waals surface area contributed by atoms with Crippen molar-refractivity contribution in [1.29, 1.82) is 0 Å². The SMILES string of the molecule is CCc1c(C)c(C)c2c(c1C)/C(=N/c1[n-]c(N)c3c(C)c(C)c(C)c(C)c13)N=C2N=C1[N-]C(=NC2=NCC3=C2CC(C)=C(C)C(C)=C3C)c2c(C)c(C)c(C)c(C)c21.[Zn+2]. The number of amidine groups is 5. The van der Waals surface area contributed by atoms with E-state index in [1.54, 1.807) is 0 Å². The van der Waals surface area contributed by atoms with E-state index in [0.29, 0.717) is 41.5 Å². The molecule has 2 N–H and O–H groups in total. The molecule has 1 aromatic heterocycles. The normalized spacial score (nSPS) is 18.3. The summed E-state index contributed by atoms with van der Waals surface area (Å²) >= 11 is 0. The van der Waals surface area contributed by atoms with Crippen molar-refractivity contribution in [2.45, 2.75) is 124 Å². The number of anilines is 1. The largest absolute Gasteiger partial charge is 2.00 e. The van der Waals surface area contributed by atoms with Crippen molar-refractivity contribution < 1.29 is 19.5 Å². The molecule has 4 aromatic rings. The first-order valence-electron chi connectivity index (χ1n) is 20.6. The van der Waals surface area contributed by atoms with Crippen LogP contribution in [0.3, 0.4) is 0 Å². The van der Waals surface area contributed by atoms with E-state index >= 15 is 0 Å². The fourth-order valence-corrected chi connectivity index (χ4v) is 9.79. The van der Waals surface area contributed by atoms with E-state index in [-0.39, 0.29) is 19.5 Å². The van der Waals surface area contributed by atoms with Crippen molar-refractivity contribution in [3.63, 3.8) is 0 Å². The Morgan fingerprint density at radius 1 is 0.542 bits per heavy atom. The van der Waals surface area contributed by atoms with Gasteiger partial charge in [0.2, 0.25) is 0 Å². The maximum absolute atomic E-state index is 6.65. The summed E-state index contributed by atoms with van der Waals surface area (Å²) < 4.78 is 0. The smallest absolute Gasteiger partial charge is 0.455 e. The number of aromatic nitrogens is 1. The van der Waals surface area contributed by atoms with E-state index in [2.05, 4.69) is 111 Å². The van der Waals surface area contributed by atoms with Gasteiger partial charge in [-0.2, -0.15) is 0 Å². The zero-order valence-electron chi connectivity index (χ0n) is 38.0. The minimum atomic E-state index is 0. The number of nitrogens with zero attached hydrogens (tertiary/aromatic N) is 7. The fourth-order valence-electron chi connectivity index (χ4n) is 9.79. The number of fused-ring (bicyclic) bond motifs is 3. The van der Waals surface area contributed by atoms with E-state index in [0.717, 1.165) is 85.1 Å². The maximum atomic E-state index is 6.65. The molecule has 9 heteroatoms. The minimum absolute atomic E-state index is 0. The number of allylic oxidation sites excluding steroid dienone is 3. The van der Waals surface area contributed by atoms with Gasteiger partial charge in [-0.25, -0.2) is 4.99 Å². The molecule has 8 nitrogen and oxygen atoms in total. The molecule has 0 radical (unpaired) electrons. The van der Waals surface area contributed by atoms with Gasteiger partial charge < -0.3 is 31.0 Å². The Hall–Kier alpha value is -5.01. The Bertz CT molecular complexity index is 2880. The molecule has 3 aliphatic heterocycles. The van der Waals surface area contributed by atoms with Crippen molar-refractivity contribution in [3.05, 3.63) is 128 Å². The van der Waals surface area contributed by atoms with E-state index in [4.69, 9.17) is 41.0 Å². The topological polar surface area (TPSA) is 116 Å². The standard InChI is InChI=1S/C50H56N8.Zn/c1-17-35-28(10)33(15)42-43(34(35)16)50(55-46-39-30(12)24(6)23(5)29(11)38(39)44(51)53-46)58-49(42)57-48-41-32(14)26(8)25(7)31(13)40(41)47(56-48)54-45-36-18-20(2)21(3)22(4)27(9)37(36)19-52-45;/h17-19,51H2,1-16H3;/q-2;+2. The van der Waals surface area contributed by atoms with Crippen LogP contribution in [0.25, 0.3) is 16.1 Å². The van der Waals surface area contributed by atoms with Gasteiger partial charge in [-0.3, -0.25) is 4.99 Å². The quantitative estimate of drug-likeness (QED) is 0.203. The first-order valence-corrected chi connectivity index (χ1v) is 20.6. The Balaban J connectivity index is 0.00000528. The van der Waals surface area contributed by atoms with Crippen LogP contribution in [-0.2, 0) is 25.9 Å². The Morgan fingerprint density at radius 3 is 1.68 bits per heavy atom. The molecule has 0 atom stereocenters. The number of nitrogens with two attached hydrogens (primary N) is 1. The molecule has 0 spiro atoms. The average Bonchev–Trinajstić information content (AvgIpc) is 3.94. The fraction of sp³-hybridized carbons (Fsp3) is 0.380. The van der Waals surface area contributed by atoms with Crippen LogP contribution >= 0.6 is 0 Å². The van der Waals surface area contributed by atoms with E-state index in [1.807, 2.05) is 0 Å². The van der Waals surface area contributed by atoms with Crippen molar-refractivity contribution in [2.24, 2.45) is 25.0 Å².